The Kier molecular flexibility index (Phi) is 18.3. The summed E-state index contributed by atoms with van der Waals surface area (Å²) in [7, 11) is 0. The monoisotopic (exact) mass is 445 g/mol. The van der Waals surface area contributed by atoms with E-state index in [-0.39, 0.29) is 0 Å². The molecule has 31 heavy (non-hydrogen) atoms. The van der Waals surface area contributed by atoms with Crippen LogP contribution in [0.15, 0.2) is 12.3 Å². The van der Waals surface area contributed by atoms with Crippen LogP contribution in [0.25, 0.3) is 0 Å². The van der Waals surface area contributed by atoms with Gasteiger partial charge in [0.05, 0.1) is 0 Å². The van der Waals surface area contributed by atoms with E-state index < -0.39 is 36.3 Å². The van der Waals surface area contributed by atoms with Crippen LogP contribution in [0, 0.1) is 0 Å². The van der Waals surface area contributed by atoms with E-state index in [1.807, 2.05) is 0 Å². The molecule has 1 amide bonds. The largest absolute Gasteiger partial charge is 0.479 e. The van der Waals surface area contributed by atoms with Crippen molar-refractivity contribution < 1.29 is 35.1 Å². The van der Waals surface area contributed by atoms with Crippen LogP contribution in [0.4, 0.5) is 0 Å². The predicted molar refractivity (Wildman–Crippen MR) is 119 cm³/mol. The van der Waals surface area contributed by atoms with Crippen molar-refractivity contribution in [3.63, 3.8) is 0 Å². The number of aliphatic carboxylic acids is 1. The Morgan fingerprint density at radius 2 is 1.13 bits per heavy atom. The van der Waals surface area contributed by atoms with Crippen molar-refractivity contribution in [1.82, 2.24) is 5.32 Å². The predicted octanol–water partition coefficient (Wildman–Crippen LogP) is 2.63. The van der Waals surface area contributed by atoms with Gasteiger partial charge in [-0.1, -0.05) is 90.0 Å². The van der Waals surface area contributed by atoms with Gasteiger partial charge >= 0.3 is 5.97 Å². The Morgan fingerprint density at radius 1 is 0.710 bits per heavy atom. The van der Waals surface area contributed by atoms with Crippen LogP contribution in [0.3, 0.4) is 0 Å². The van der Waals surface area contributed by atoms with Gasteiger partial charge in [-0.25, -0.2) is 4.79 Å². The zero-order valence-electron chi connectivity index (χ0n) is 18.9. The van der Waals surface area contributed by atoms with Gasteiger partial charge in [-0.15, -0.1) is 0 Å². The number of hydrogen-bond acceptors (Lipinski definition) is 6. The molecular formula is C23H43NO7. The molecule has 0 aliphatic heterocycles. The number of aliphatic hydroxyl groups excluding tert-OH is 4. The van der Waals surface area contributed by atoms with E-state index in [0.717, 1.165) is 19.3 Å². The van der Waals surface area contributed by atoms with Gasteiger partial charge in [0.2, 0.25) is 0 Å². The first-order valence-corrected chi connectivity index (χ1v) is 11.7. The minimum Gasteiger partial charge on any atom is -0.479 e. The van der Waals surface area contributed by atoms with E-state index in [4.69, 9.17) is 10.2 Å². The average molecular weight is 446 g/mol. The summed E-state index contributed by atoms with van der Waals surface area (Å²) in [5.74, 6) is -2.76. The molecule has 0 saturated carbocycles. The third kappa shape index (κ3) is 15.0. The molecule has 182 valence electrons. The molecule has 0 fully saturated rings. The van der Waals surface area contributed by atoms with Crippen LogP contribution in [0.2, 0.25) is 0 Å². The van der Waals surface area contributed by atoms with Gasteiger partial charge in [-0.05, 0) is 19.0 Å². The zero-order valence-corrected chi connectivity index (χ0v) is 18.9. The number of carbonyl (C=O) groups excluding carboxylic acids is 1. The molecule has 0 aliphatic rings. The molecule has 0 aromatic carbocycles. The summed E-state index contributed by atoms with van der Waals surface area (Å²) < 4.78 is 0. The van der Waals surface area contributed by atoms with Crippen molar-refractivity contribution in [2.24, 2.45) is 0 Å². The number of aliphatic hydroxyl groups is 4. The SMILES string of the molecule is CCCCCCCCCCCCCCCC=CNC(=O)[C@@H](O)[C@H](O)[C@@H](O)[C@@H](O)C(=O)O. The summed E-state index contributed by atoms with van der Waals surface area (Å²) >= 11 is 0. The number of carboxylic acid groups (broad SMARTS) is 1. The highest BCUT2D eigenvalue weighted by molar-refractivity contribution is 5.82. The molecule has 8 nitrogen and oxygen atoms in total. The Bertz CT molecular complexity index is 498. The number of allylic oxidation sites excluding steroid dienone is 1. The smallest absolute Gasteiger partial charge is 0.335 e. The van der Waals surface area contributed by atoms with Crippen molar-refractivity contribution in [2.75, 3.05) is 0 Å². The summed E-state index contributed by atoms with van der Waals surface area (Å²) in [5, 5.41) is 48.7. The standard InChI is InChI=1S/C23H43NO7/c1-2-3-4-5-6-7-8-9-10-11-12-13-14-15-16-17-24-22(29)20(27)18(25)19(26)21(28)23(30)31/h16-21,25-28H,2-15H2,1H3,(H,24,29)(H,30,31)/t18-,19-,20+,21-/m1/s1. The summed E-state index contributed by atoms with van der Waals surface area (Å²) in [6.45, 7) is 2.24. The fourth-order valence-corrected chi connectivity index (χ4v) is 3.26. The molecule has 0 aliphatic carbocycles. The average Bonchev–Trinajstić information content (AvgIpc) is 2.76. The second-order valence-electron chi connectivity index (χ2n) is 8.15. The van der Waals surface area contributed by atoms with Crippen molar-refractivity contribution in [1.29, 1.82) is 0 Å². The lowest BCUT2D eigenvalue weighted by atomic mass is 10.0. The third-order valence-electron chi connectivity index (χ3n) is 5.34. The molecular weight excluding hydrogens is 402 g/mol. The van der Waals surface area contributed by atoms with Crippen LogP contribution in [0.1, 0.15) is 96.8 Å². The summed E-state index contributed by atoms with van der Waals surface area (Å²) in [6, 6.07) is 0. The quantitative estimate of drug-likeness (QED) is 0.158. The lowest BCUT2D eigenvalue weighted by molar-refractivity contribution is -0.166. The Hall–Kier alpha value is -1.48. The summed E-state index contributed by atoms with van der Waals surface area (Å²) in [5.41, 5.74) is 0. The first kappa shape index (κ1) is 29.5. The number of hydrogen-bond donors (Lipinski definition) is 6. The number of unbranched alkanes of at least 4 members (excludes halogenated alkanes) is 13. The van der Waals surface area contributed by atoms with Crippen molar-refractivity contribution >= 4 is 11.9 Å². The molecule has 0 unspecified atom stereocenters. The first-order valence-electron chi connectivity index (χ1n) is 11.7. The van der Waals surface area contributed by atoms with Gasteiger partial charge in [-0.2, -0.15) is 0 Å². The van der Waals surface area contributed by atoms with Gasteiger partial charge < -0.3 is 30.8 Å². The molecule has 0 aromatic heterocycles. The topological polar surface area (TPSA) is 147 Å². The van der Waals surface area contributed by atoms with Crippen molar-refractivity contribution in [2.45, 2.75) is 121 Å². The molecule has 0 heterocycles. The van der Waals surface area contributed by atoms with E-state index in [0.29, 0.717) is 0 Å². The van der Waals surface area contributed by atoms with Crippen LogP contribution in [0.5, 0.6) is 0 Å². The number of nitrogens with one attached hydrogen (secondary N) is 1. The number of amides is 1. The lowest BCUT2D eigenvalue weighted by Gasteiger charge is -2.23. The van der Waals surface area contributed by atoms with E-state index in [1.54, 1.807) is 6.08 Å². The van der Waals surface area contributed by atoms with Crippen molar-refractivity contribution in [3.8, 4) is 0 Å². The van der Waals surface area contributed by atoms with E-state index in [9.17, 15) is 24.9 Å². The Balaban J connectivity index is 3.67. The van der Waals surface area contributed by atoms with E-state index in [1.165, 1.54) is 76.8 Å². The normalized spacial score (nSPS) is 15.5. The van der Waals surface area contributed by atoms with Gasteiger partial charge in [0, 0.05) is 0 Å². The highest BCUT2D eigenvalue weighted by atomic mass is 16.4. The minimum atomic E-state index is -2.30. The van der Waals surface area contributed by atoms with E-state index >= 15 is 0 Å². The van der Waals surface area contributed by atoms with Gasteiger partial charge in [0.25, 0.3) is 5.91 Å². The lowest BCUT2D eigenvalue weighted by Crippen LogP contribution is -2.52. The maximum Gasteiger partial charge on any atom is 0.335 e. The molecule has 0 rings (SSSR count). The van der Waals surface area contributed by atoms with Gasteiger partial charge in [0.15, 0.2) is 12.2 Å². The highest BCUT2D eigenvalue weighted by Gasteiger charge is 2.37. The maximum absolute atomic E-state index is 11.7. The fourth-order valence-electron chi connectivity index (χ4n) is 3.26. The fraction of sp³-hybridized carbons (Fsp3) is 0.826. The Morgan fingerprint density at radius 3 is 1.58 bits per heavy atom. The molecule has 0 spiro atoms. The van der Waals surface area contributed by atoms with Crippen LogP contribution in [-0.2, 0) is 9.59 Å². The second kappa shape index (κ2) is 19.2. The summed E-state index contributed by atoms with van der Waals surface area (Å²) in [6.07, 6.45) is 11.7. The first-order chi connectivity index (χ1) is 14.8. The molecule has 0 radical (unpaired) electrons. The molecule has 0 aromatic rings. The molecule has 4 atom stereocenters. The van der Waals surface area contributed by atoms with Gasteiger partial charge in [0.1, 0.15) is 12.2 Å². The van der Waals surface area contributed by atoms with Crippen LogP contribution in [-0.4, -0.2) is 61.8 Å². The Labute approximate surface area is 186 Å². The minimum absolute atomic E-state index is 0.761. The molecule has 0 saturated heterocycles. The second-order valence-corrected chi connectivity index (χ2v) is 8.15. The molecule has 6 N–H and O–H groups in total. The maximum atomic E-state index is 11.7. The van der Waals surface area contributed by atoms with E-state index in [2.05, 4.69) is 12.2 Å². The molecule has 8 heteroatoms. The number of carboxylic acids is 1. The van der Waals surface area contributed by atoms with Crippen molar-refractivity contribution in [3.05, 3.63) is 12.3 Å². The van der Waals surface area contributed by atoms with Crippen LogP contribution < -0.4 is 5.32 Å². The van der Waals surface area contributed by atoms with Crippen LogP contribution >= 0.6 is 0 Å². The summed E-state index contributed by atoms with van der Waals surface area (Å²) in [4.78, 5) is 22.3. The third-order valence-corrected chi connectivity index (χ3v) is 5.34. The molecule has 0 bridgehead atoms. The zero-order chi connectivity index (χ0) is 23.5. The highest BCUT2D eigenvalue weighted by Crippen LogP contribution is 2.13. The van der Waals surface area contributed by atoms with Gasteiger partial charge in [-0.3, -0.25) is 4.79 Å². The number of rotatable bonds is 20. The number of carbonyl (C=O) groups is 2.